The minimum absolute atomic E-state index is 0.184. The molecular weight excluding hydrogens is 408 g/mol. The maximum Gasteiger partial charge on any atom is 0.204 e. The third-order valence-electron chi connectivity index (χ3n) is 5.37. The SMILES string of the molecule is COc1ccccc1-c1sc2c(c1C(=O)c1ccccc1)C(=O)c1ccccc1C2=O. The minimum Gasteiger partial charge on any atom is -0.496 e. The molecule has 0 N–H and O–H groups in total. The first-order valence-electron chi connectivity index (χ1n) is 9.70. The van der Waals surface area contributed by atoms with E-state index >= 15 is 0 Å². The van der Waals surface area contributed by atoms with Gasteiger partial charge in [0.2, 0.25) is 5.78 Å². The van der Waals surface area contributed by atoms with Gasteiger partial charge in [-0.15, -0.1) is 11.3 Å². The van der Waals surface area contributed by atoms with E-state index in [0.29, 0.717) is 37.8 Å². The molecule has 0 aliphatic heterocycles. The van der Waals surface area contributed by atoms with Gasteiger partial charge in [0.05, 0.1) is 28.0 Å². The second kappa shape index (κ2) is 7.45. The number of ketones is 3. The van der Waals surface area contributed by atoms with E-state index in [2.05, 4.69) is 0 Å². The molecule has 1 aliphatic carbocycles. The van der Waals surface area contributed by atoms with Crippen molar-refractivity contribution in [3.63, 3.8) is 0 Å². The summed E-state index contributed by atoms with van der Waals surface area (Å²) in [6.45, 7) is 0. The van der Waals surface area contributed by atoms with Gasteiger partial charge in [0.1, 0.15) is 5.75 Å². The second-order valence-corrected chi connectivity index (χ2v) is 8.13. The normalized spacial score (nSPS) is 12.3. The molecule has 1 aliphatic rings. The first-order chi connectivity index (χ1) is 15.1. The number of thiophene rings is 1. The molecule has 0 atom stereocenters. The van der Waals surface area contributed by atoms with E-state index in [1.165, 1.54) is 11.3 Å². The zero-order chi connectivity index (χ0) is 21.5. The second-order valence-electron chi connectivity index (χ2n) is 7.11. The van der Waals surface area contributed by atoms with E-state index < -0.39 is 0 Å². The number of carbonyl (C=O) groups is 3. The van der Waals surface area contributed by atoms with Gasteiger partial charge < -0.3 is 4.74 Å². The minimum atomic E-state index is -0.304. The molecule has 3 aromatic carbocycles. The zero-order valence-corrected chi connectivity index (χ0v) is 17.4. The Morgan fingerprint density at radius 2 is 1.29 bits per heavy atom. The average Bonchev–Trinajstić information content (AvgIpc) is 3.23. The van der Waals surface area contributed by atoms with Gasteiger partial charge in [-0.3, -0.25) is 14.4 Å². The van der Waals surface area contributed by atoms with E-state index in [9.17, 15) is 14.4 Å². The van der Waals surface area contributed by atoms with Crippen LogP contribution >= 0.6 is 11.3 Å². The molecule has 0 unspecified atom stereocenters. The van der Waals surface area contributed by atoms with E-state index in [0.717, 1.165) is 0 Å². The lowest BCUT2D eigenvalue weighted by Gasteiger charge is -2.15. The van der Waals surface area contributed by atoms with Crippen molar-refractivity contribution < 1.29 is 19.1 Å². The van der Waals surface area contributed by atoms with Crippen LogP contribution in [0.25, 0.3) is 10.4 Å². The van der Waals surface area contributed by atoms with E-state index in [-0.39, 0.29) is 28.5 Å². The molecule has 31 heavy (non-hydrogen) atoms. The Bertz CT molecular complexity index is 1370. The van der Waals surface area contributed by atoms with Gasteiger partial charge in [-0.2, -0.15) is 0 Å². The van der Waals surface area contributed by atoms with Crippen LogP contribution in [0.15, 0.2) is 78.9 Å². The summed E-state index contributed by atoms with van der Waals surface area (Å²) in [5.74, 6) is -0.263. The molecule has 1 aromatic heterocycles. The van der Waals surface area contributed by atoms with Crippen molar-refractivity contribution in [2.75, 3.05) is 7.11 Å². The molecule has 5 rings (SSSR count). The summed E-state index contributed by atoms with van der Waals surface area (Å²) in [7, 11) is 1.55. The van der Waals surface area contributed by atoms with Crippen molar-refractivity contribution in [2.45, 2.75) is 0 Å². The Kier molecular flexibility index (Phi) is 4.60. The predicted octanol–water partition coefficient (Wildman–Crippen LogP) is 5.43. The molecule has 0 saturated carbocycles. The van der Waals surface area contributed by atoms with Crippen molar-refractivity contribution >= 4 is 28.7 Å². The highest BCUT2D eigenvalue weighted by Crippen LogP contribution is 2.45. The Hall–Kier alpha value is -3.83. The third kappa shape index (κ3) is 2.94. The maximum atomic E-state index is 13.6. The molecule has 0 amide bonds. The summed E-state index contributed by atoms with van der Waals surface area (Å²) in [4.78, 5) is 41.3. The van der Waals surface area contributed by atoms with Crippen LogP contribution in [0.4, 0.5) is 0 Å². The van der Waals surface area contributed by atoms with Gasteiger partial charge in [0, 0.05) is 22.3 Å². The number of benzene rings is 3. The predicted molar refractivity (Wildman–Crippen MR) is 119 cm³/mol. The van der Waals surface area contributed by atoms with E-state index in [1.807, 2.05) is 24.3 Å². The van der Waals surface area contributed by atoms with Gasteiger partial charge in [-0.1, -0.05) is 66.7 Å². The number of carbonyl (C=O) groups excluding carboxylic acids is 3. The lowest BCUT2D eigenvalue weighted by atomic mass is 9.84. The number of hydrogen-bond donors (Lipinski definition) is 0. The molecule has 0 bridgehead atoms. The van der Waals surface area contributed by atoms with E-state index in [4.69, 9.17) is 4.74 Å². The summed E-state index contributed by atoms with van der Waals surface area (Å²) >= 11 is 1.17. The van der Waals surface area contributed by atoms with Gasteiger partial charge in [0.15, 0.2) is 11.6 Å². The standard InChI is InChI=1S/C26H16O4S/c1-30-19-14-8-7-13-18(19)25-20(22(27)15-9-3-2-4-10-15)21-23(28)16-11-5-6-12-17(16)24(29)26(21)31-25/h2-14H,1H3. The van der Waals surface area contributed by atoms with Crippen LogP contribution in [-0.2, 0) is 0 Å². The summed E-state index contributed by atoms with van der Waals surface area (Å²) < 4.78 is 5.51. The smallest absolute Gasteiger partial charge is 0.204 e. The third-order valence-corrected chi connectivity index (χ3v) is 6.59. The van der Waals surface area contributed by atoms with Crippen molar-refractivity contribution in [1.29, 1.82) is 0 Å². The van der Waals surface area contributed by atoms with Crippen molar-refractivity contribution in [2.24, 2.45) is 0 Å². The Morgan fingerprint density at radius 1 is 0.710 bits per heavy atom. The van der Waals surface area contributed by atoms with Crippen LogP contribution in [0.1, 0.15) is 47.1 Å². The zero-order valence-electron chi connectivity index (χ0n) is 16.5. The van der Waals surface area contributed by atoms with Crippen LogP contribution in [0, 0.1) is 0 Å². The quantitative estimate of drug-likeness (QED) is 0.361. The lowest BCUT2D eigenvalue weighted by Crippen LogP contribution is -2.21. The lowest BCUT2D eigenvalue weighted by molar-refractivity contribution is 0.0975. The molecule has 1 heterocycles. The highest BCUT2D eigenvalue weighted by molar-refractivity contribution is 7.18. The molecular formula is C26H16O4S. The number of methoxy groups -OCH3 is 1. The number of para-hydroxylation sites is 1. The first-order valence-corrected chi connectivity index (χ1v) is 10.5. The number of fused-ring (bicyclic) bond motifs is 2. The highest BCUT2D eigenvalue weighted by Gasteiger charge is 2.38. The van der Waals surface area contributed by atoms with Crippen LogP contribution < -0.4 is 4.74 Å². The molecule has 0 spiro atoms. The summed E-state index contributed by atoms with van der Waals surface area (Å²) in [6, 6.07) is 22.8. The number of rotatable bonds is 4. The van der Waals surface area contributed by atoms with Crippen LogP contribution in [0.3, 0.4) is 0 Å². The maximum absolute atomic E-state index is 13.6. The topological polar surface area (TPSA) is 60.4 Å². The van der Waals surface area contributed by atoms with Gasteiger partial charge >= 0.3 is 0 Å². The Morgan fingerprint density at radius 3 is 1.97 bits per heavy atom. The molecule has 4 nitrogen and oxygen atoms in total. The Balaban J connectivity index is 1.84. The molecule has 4 aromatic rings. The van der Waals surface area contributed by atoms with Gasteiger partial charge in [-0.05, 0) is 12.1 Å². The van der Waals surface area contributed by atoms with Crippen LogP contribution in [0.2, 0.25) is 0 Å². The van der Waals surface area contributed by atoms with Crippen LogP contribution in [0.5, 0.6) is 5.75 Å². The summed E-state index contributed by atoms with van der Waals surface area (Å²) in [5.41, 5.74) is 2.26. The molecule has 0 saturated heterocycles. The fourth-order valence-corrected chi connectivity index (χ4v) is 5.20. The largest absolute Gasteiger partial charge is 0.496 e. The highest BCUT2D eigenvalue weighted by atomic mass is 32.1. The summed E-state index contributed by atoms with van der Waals surface area (Å²) in [6.07, 6.45) is 0. The van der Waals surface area contributed by atoms with Crippen molar-refractivity contribution in [1.82, 2.24) is 0 Å². The molecule has 150 valence electrons. The molecule has 0 fully saturated rings. The fraction of sp³-hybridized carbons (Fsp3) is 0.0385. The molecule has 5 heteroatoms. The number of ether oxygens (including phenoxy) is 1. The Labute approximate surface area is 182 Å². The van der Waals surface area contributed by atoms with Gasteiger partial charge in [-0.25, -0.2) is 0 Å². The van der Waals surface area contributed by atoms with Crippen molar-refractivity contribution in [3.8, 4) is 16.2 Å². The summed E-state index contributed by atoms with van der Waals surface area (Å²) in [5, 5.41) is 0. The van der Waals surface area contributed by atoms with Crippen molar-refractivity contribution in [3.05, 3.63) is 112 Å². The molecule has 0 radical (unpaired) electrons. The first kappa shape index (κ1) is 19.2. The number of hydrogen-bond acceptors (Lipinski definition) is 5. The van der Waals surface area contributed by atoms with Crippen LogP contribution in [-0.4, -0.2) is 24.5 Å². The van der Waals surface area contributed by atoms with Gasteiger partial charge in [0.25, 0.3) is 0 Å². The fourth-order valence-electron chi connectivity index (χ4n) is 3.92. The monoisotopic (exact) mass is 424 g/mol. The average molecular weight is 424 g/mol. The van der Waals surface area contributed by atoms with E-state index in [1.54, 1.807) is 61.7 Å².